The predicted molar refractivity (Wildman–Crippen MR) is 113 cm³/mol. The number of ether oxygens (including phenoxy) is 2. The predicted octanol–water partition coefficient (Wildman–Crippen LogP) is 3.84. The van der Waals surface area contributed by atoms with E-state index in [-0.39, 0.29) is 0 Å². The minimum absolute atomic E-state index is 0.541. The summed E-state index contributed by atoms with van der Waals surface area (Å²) in [5.41, 5.74) is 5.35. The third-order valence-electron chi connectivity index (χ3n) is 5.71. The maximum Gasteiger partial charge on any atom is 0.231 e. The van der Waals surface area contributed by atoms with Crippen molar-refractivity contribution in [1.82, 2.24) is 9.97 Å². The van der Waals surface area contributed by atoms with Gasteiger partial charge in [-0.25, -0.2) is 4.98 Å². The van der Waals surface area contributed by atoms with Crippen molar-refractivity contribution in [2.24, 2.45) is 0 Å². The fraction of sp³-hybridized carbons (Fsp3) is 0.304. The number of aryl methyl sites for hydroxylation is 1. The van der Waals surface area contributed by atoms with E-state index < -0.39 is 5.60 Å². The second-order valence-electron chi connectivity index (χ2n) is 7.99. The fourth-order valence-electron chi connectivity index (χ4n) is 4.30. The van der Waals surface area contributed by atoms with Gasteiger partial charge in [0.2, 0.25) is 11.8 Å². The first-order valence-electron chi connectivity index (χ1n) is 9.70. The number of aromatic nitrogens is 2. The first kappa shape index (κ1) is 17.9. The molecule has 1 atom stereocenters. The summed E-state index contributed by atoms with van der Waals surface area (Å²) in [7, 11) is 7.90. The molecule has 1 unspecified atom stereocenters. The summed E-state index contributed by atoms with van der Waals surface area (Å²) in [6.45, 7) is 2.54. The molecule has 3 heterocycles. The number of hydrogen-bond donors (Lipinski definition) is 0. The Morgan fingerprint density at radius 2 is 1.72 bits per heavy atom. The molecule has 0 amide bonds. The molecule has 0 saturated heterocycles. The molecule has 2 aromatic carbocycles. The average Bonchev–Trinajstić information content (AvgIpc) is 3.07. The molecular formula is C23H24N4O2. The molecule has 2 aliphatic heterocycles. The van der Waals surface area contributed by atoms with E-state index in [0.29, 0.717) is 18.4 Å². The molecule has 29 heavy (non-hydrogen) atoms. The number of anilines is 2. The molecule has 0 N–H and O–H groups in total. The summed E-state index contributed by atoms with van der Waals surface area (Å²) in [5, 5.41) is 0. The average molecular weight is 388 g/mol. The van der Waals surface area contributed by atoms with Crippen molar-refractivity contribution in [1.29, 1.82) is 0 Å². The molecule has 148 valence electrons. The van der Waals surface area contributed by atoms with Gasteiger partial charge in [-0.05, 0) is 30.2 Å². The molecule has 1 aromatic heterocycles. The first-order chi connectivity index (χ1) is 13.9. The molecule has 5 rings (SSSR count). The van der Waals surface area contributed by atoms with Crippen LogP contribution < -0.4 is 14.5 Å². The summed E-state index contributed by atoms with van der Waals surface area (Å²) in [6, 6.07) is 14.6. The monoisotopic (exact) mass is 388 g/mol. The summed E-state index contributed by atoms with van der Waals surface area (Å²) < 4.78 is 13.0. The second-order valence-corrected chi connectivity index (χ2v) is 7.99. The van der Waals surface area contributed by atoms with Crippen molar-refractivity contribution in [3.8, 4) is 11.6 Å². The lowest BCUT2D eigenvalue weighted by atomic mass is 9.78. The van der Waals surface area contributed by atoms with Gasteiger partial charge in [0.25, 0.3) is 0 Å². The zero-order valence-electron chi connectivity index (χ0n) is 17.4. The molecule has 0 aliphatic carbocycles. The van der Waals surface area contributed by atoms with Gasteiger partial charge in [0.05, 0.1) is 17.9 Å². The smallest absolute Gasteiger partial charge is 0.231 e. The Morgan fingerprint density at radius 1 is 0.931 bits per heavy atom. The molecule has 0 radical (unpaired) electrons. The van der Waals surface area contributed by atoms with Crippen molar-refractivity contribution < 1.29 is 9.47 Å². The van der Waals surface area contributed by atoms with Gasteiger partial charge in [0.15, 0.2) is 5.60 Å². The van der Waals surface area contributed by atoms with Gasteiger partial charge < -0.3 is 19.3 Å². The molecule has 1 spiro atoms. The van der Waals surface area contributed by atoms with Crippen LogP contribution in [0.2, 0.25) is 0 Å². The Kier molecular flexibility index (Phi) is 3.83. The molecule has 0 fully saturated rings. The molecule has 0 bridgehead atoms. The Bertz CT molecular complexity index is 1130. The van der Waals surface area contributed by atoms with E-state index >= 15 is 0 Å². The topological polar surface area (TPSA) is 50.7 Å². The Morgan fingerprint density at radius 3 is 2.48 bits per heavy atom. The van der Waals surface area contributed by atoms with Crippen LogP contribution >= 0.6 is 0 Å². The van der Waals surface area contributed by atoms with Crippen LogP contribution in [0.5, 0.6) is 11.6 Å². The molecular weight excluding hydrogens is 364 g/mol. The molecule has 6 heteroatoms. The summed E-state index contributed by atoms with van der Waals surface area (Å²) in [4.78, 5) is 13.4. The van der Waals surface area contributed by atoms with E-state index in [2.05, 4.69) is 47.4 Å². The van der Waals surface area contributed by atoms with E-state index in [1.807, 2.05) is 40.0 Å². The summed E-state index contributed by atoms with van der Waals surface area (Å²) >= 11 is 0. The second kappa shape index (κ2) is 6.19. The van der Waals surface area contributed by atoms with Crippen LogP contribution in [0.4, 0.5) is 11.6 Å². The number of hydrogen-bond acceptors (Lipinski definition) is 6. The van der Waals surface area contributed by atoms with E-state index in [4.69, 9.17) is 19.4 Å². The van der Waals surface area contributed by atoms with E-state index in [0.717, 1.165) is 33.8 Å². The van der Waals surface area contributed by atoms with Gasteiger partial charge in [-0.15, -0.1) is 0 Å². The van der Waals surface area contributed by atoms with Gasteiger partial charge in [0, 0.05) is 45.5 Å². The quantitative estimate of drug-likeness (QED) is 0.665. The lowest BCUT2D eigenvalue weighted by Gasteiger charge is -2.38. The Hall–Kier alpha value is -3.12. The minimum Gasteiger partial charge on any atom is -0.438 e. The van der Waals surface area contributed by atoms with Gasteiger partial charge in [-0.3, -0.25) is 0 Å². The lowest BCUT2D eigenvalue weighted by Crippen LogP contribution is -2.34. The highest BCUT2D eigenvalue weighted by atomic mass is 16.5. The van der Waals surface area contributed by atoms with E-state index in [9.17, 15) is 0 Å². The van der Waals surface area contributed by atoms with Gasteiger partial charge >= 0.3 is 0 Å². The lowest BCUT2D eigenvalue weighted by molar-refractivity contribution is 0.0185. The first-order valence-corrected chi connectivity index (χ1v) is 9.70. The van der Waals surface area contributed by atoms with Crippen molar-refractivity contribution in [2.75, 3.05) is 38.0 Å². The van der Waals surface area contributed by atoms with Gasteiger partial charge in [0.1, 0.15) is 5.75 Å². The SMILES string of the molecule is Cc1nc(N(C)C)nc2c1C1(OCc3ccccc31)c1ccc(N(C)C)cc1O2. The van der Waals surface area contributed by atoms with Crippen LogP contribution in [0.25, 0.3) is 0 Å². The molecule has 2 aliphatic rings. The van der Waals surface area contributed by atoms with Crippen LogP contribution in [0.1, 0.15) is 27.9 Å². The van der Waals surface area contributed by atoms with Crippen molar-refractivity contribution in [3.05, 3.63) is 70.4 Å². The van der Waals surface area contributed by atoms with Crippen LogP contribution in [-0.2, 0) is 16.9 Å². The summed E-state index contributed by atoms with van der Waals surface area (Å²) in [5.74, 6) is 1.94. The van der Waals surface area contributed by atoms with Crippen molar-refractivity contribution in [3.63, 3.8) is 0 Å². The zero-order valence-corrected chi connectivity index (χ0v) is 17.4. The maximum absolute atomic E-state index is 6.60. The van der Waals surface area contributed by atoms with Crippen LogP contribution in [0.3, 0.4) is 0 Å². The third kappa shape index (κ3) is 2.45. The van der Waals surface area contributed by atoms with Gasteiger partial charge in [-0.1, -0.05) is 24.3 Å². The number of fused-ring (bicyclic) bond motifs is 6. The van der Waals surface area contributed by atoms with Crippen LogP contribution in [0, 0.1) is 6.92 Å². The highest BCUT2D eigenvalue weighted by Gasteiger charge is 2.51. The molecule has 3 aromatic rings. The third-order valence-corrected chi connectivity index (χ3v) is 5.71. The Balaban J connectivity index is 1.84. The Labute approximate surface area is 170 Å². The van der Waals surface area contributed by atoms with E-state index in [1.54, 1.807) is 0 Å². The number of nitrogens with zero attached hydrogens (tertiary/aromatic N) is 4. The van der Waals surface area contributed by atoms with Crippen molar-refractivity contribution >= 4 is 11.6 Å². The summed E-state index contributed by atoms with van der Waals surface area (Å²) in [6.07, 6.45) is 0. The normalized spacial score (nSPS) is 18.7. The minimum atomic E-state index is -0.765. The van der Waals surface area contributed by atoms with E-state index in [1.165, 1.54) is 5.56 Å². The standard InChI is InChI=1S/C23H24N4O2/c1-14-20-21(25-22(24-14)27(4)5)29-19-12-16(26(2)3)10-11-18(19)23(20)17-9-7-6-8-15(17)13-28-23/h6-12H,13H2,1-5H3. The highest BCUT2D eigenvalue weighted by Crippen LogP contribution is 2.56. The van der Waals surface area contributed by atoms with Gasteiger partial charge in [-0.2, -0.15) is 4.98 Å². The fourth-order valence-corrected chi connectivity index (χ4v) is 4.30. The largest absolute Gasteiger partial charge is 0.438 e. The zero-order chi connectivity index (χ0) is 20.3. The maximum atomic E-state index is 6.60. The van der Waals surface area contributed by atoms with Crippen molar-refractivity contribution in [2.45, 2.75) is 19.1 Å². The molecule has 6 nitrogen and oxygen atoms in total. The number of benzene rings is 2. The van der Waals surface area contributed by atoms with Crippen LogP contribution in [-0.4, -0.2) is 38.2 Å². The number of rotatable bonds is 2. The highest BCUT2D eigenvalue weighted by molar-refractivity contribution is 5.67. The molecule has 0 saturated carbocycles. The van der Waals surface area contributed by atoms with Crippen LogP contribution in [0.15, 0.2) is 42.5 Å².